The van der Waals surface area contributed by atoms with Gasteiger partial charge in [-0.15, -0.1) is 0 Å². The molecular weight excluding hydrogens is 476 g/mol. The molecule has 0 aromatic heterocycles. The predicted molar refractivity (Wildman–Crippen MR) is 150 cm³/mol. The first kappa shape index (κ1) is 28.0. The van der Waals surface area contributed by atoms with Crippen LogP contribution in [0.1, 0.15) is 79.6 Å². The summed E-state index contributed by atoms with van der Waals surface area (Å²) in [5.41, 5.74) is 8.40. The lowest BCUT2D eigenvalue weighted by atomic mass is 9.83. The maximum atomic E-state index is 12.7. The van der Waals surface area contributed by atoms with Gasteiger partial charge in [0.1, 0.15) is 5.75 Å². The highest BCUT2D eigenvalue weighted by Gasteiger charge is 2.36. The summed E-state index contributed by atoms with van der Waals surface area (Å²) in [6.45, 7) is 7.51. The summed E-state index contributed by atoms with van der Waals surface area (Å²) in [7, 11) is 0. The maximum absolute atomic E-state index is 12.7. The van der Waals surface area contributed by atoms with Crippen LogP contribution >= 0.6 is 0 Å². The molecule has 0 bridgehead atoms. The average Bonchev–Trinajstić information content (AvgIpc) is 2.97. The number of aliphatic hydroxyl groups excluding tert-OH is 1. The third-order valence-corrected chi connectivity index (χ3v) is 8.36. The third-order valence-electron chi connectivity index (χ3n) is 8.36. The van der Waals surface area contributed by atoms with Crippen molar-refractivity contribution in [3.8, 4) is 5.75 Å². The number of rotatable bonds is 9. The molecule has 0 aliphatic carbocycles. The van der Waals surface area contributed by atoms with Crippen molar-refractivity contribution in [3.05, 3.63) is 101 Å². The van der Waals surface area contributed by atoms with Crippen LogP contribution in [0.5, 0.6) is 5.75 Å². The quantitative estimate of drug-likeness (QED) is 0.264. The zero-order valence-electron chi connectivity index (χ0n) is 22.6. The van der Waals surface area contributed by atoms with Crippen molar-refractivity contribution in [1.29, 1.82) is 0 Å². The van der Waals surface area contributed by atoms with Crippen molar-refractivity contribution in [2.24, 2.45) is 5.73 Å². The number of benzene rings is 3. The van der Waals surface area contributed by atoms with E-state index < -0.39 is 23.2 Å². The summed E-state index contributed by atoms with van der Waals surface area (Å²) in [5, 5.41) is 22.2. The van der Waals surface area contributed by atoms with Crippen LogP contribution < -0.4 is 10.5 Å². The molecule has 2 unspecified atom stereocenters. The molecular formula is C32H40N2O4. The van der Waals surface area contributed by atoms with E-state index in [1.807, 2.05) is 49.4 Å². The molecule has 0 amide bonds. The number of carbonyl (C=O) groups is 1. The fraction of sp³-hybridized carbons (Fsp3) is 0.406. The Kier molecular flexibility index (Phi) is 8.68. The number of hydrogen-bond donors (Lipinski definition) is 3. The predicted octanol–water partition coefficient (Wildman–Crippen LogP) is 5.29. The first-order valence-corrected chi connectivity index (χ1v) is 13.6. The summed E-state index contributed by atoms with van der Waals surface area (Å²) in [6.07, 6.45) is 2.17. The molecule has 4 rings (SSSR count). The Balaban J connectivity index is 1.34. The van der Waals surface area contributed by atoms with Crippen molar-refractivity contribution in [2.45, 2.75) is 69.7 Å². The van der Waals surface area contributed by atoms with E-state index in [4.69, 9.17) is 10.5 Å². The van der Waals surface area contributed by atoms with E-state index in [9.17, 15) is 15.0 Å². The molecule has 6 heteroatoms. The number of hydrogen-bond acceptors (Lipinski definition) is 6. The molecule has 3 aromatic carbocycles. The summed E-state index contributed by atoms with van der Waals surface area (Å²) in [4.78, 5) is 14.9. The van der Waals surface area contributed by atoms with Crippen LogP contribution in [0.3, 0.4) is 0 Å². The molecule has 2 atom stereocenters. The number of aliphatic hydroxyl groups is 2. The minimum Gasteiger partial charge on any atom is -0.423 e. The Hall–Kier alpha value is -3.03. The summed E-state index contributed by atoms with van der Waals surface area (Å²) >= 11 is 0. The molecule has 3 aromatic rings. The SMILES string of the molecule is CCC(N)(CC)c1ccc(C(=O)Oc2ccc(C(O)C(C)N3CCC(O)(c4ccccc4)CC3)cc2)cc1. The van der Waals surface area contributed by atoms with E-state index in [-0.39, 0.29) is 6.04 Å². The van der Waals surface area contributed by atoms with Crippen molar-refractivity contribution in [3.63, 3.8) is 0 Å². The third kappa shape index (κ3) is 6.00. The zero-order valence-corrected chi connectivity index (χ0v) is 22.6. The molecule has 38 heavy (non-hydrogen) atoms. The van der Waals surface area contributed by atoms with Gasteiger partial charge in [0.05, 0.1) is 17.3 Å². The lowest BCUT2D eigenvalue weighted by Crippen LogP contribution is -2.47. The molecule has 202 valence electrons. The normalized spacial score (nSPS) is 17.5. The second kappa shape index (κ2) is 11.8. The van der Waals surface area contributed by atoms with Gasteiger partial charge in [-0.25, -0.2) is 4.79 Å². The summed E-state index contributed by atoms with van der Waals surface area (Å²) < 4.78 is 5.57. The molecule has 1 fully saturated rings. The number of likely N-dealkylation sites (tertiary alicyclic amines) is 1. The van der Waals surface area contributed by atoms with Crippen LogP contribution in [0.25, 0.3) is 0 Å². The van der Waals surface area contributed by atoms with E-state index in [0.717, 1.165) is 29.5 Å². The molecule has 6 nitrogen and oxygen atoms in total. The monoisotopic (exact) mass is 516 g/mol. The summed E-state index contributed by atoms with van der Waals surface area (Å²) in [5.74, 6) is -0.0167. The van der Waals surface area contributed by atoms with Crippen LogP contribution in [0, 0.1) is 0 Å². The number of nitrogens with zero attached hydrogens (tertiary/aromatic N) is 1. The van der Waals surface area contributed by atoms with Crippen molar-refractivity contribution < 1.29 is 19.7 Å². The molecule has 1 heterocycles. The van der Waals surface area contributed by atoms with Gasteiger partial charge in [0, 0.05) is 24.7 Å². The van der Waals surface area contributed by atoms with E-state index in [1.165, 1.54) is 0 Å². The van der Waals surface area contributed by atoms with E-state index in [0.29, 0.717) is 37.2 Å². The van der Waals surface area contributed by atoms with Crippen molar-refractivity contribution in [1.82, 2.24) is 4.90 Å². The van der Waals surface area contributed by atoms with Crippen LogP contribution in [-0.4, -0.2) is 40.2 Å². The number of piperidine rings is 1. The molecule has 1 aliphatic heterocycles. The smallest absolute Gasteiger partial charge is 0.343 e. The fourth-order valence-electron chi connectivity index (χ4n) is 5.31. The molecule has 4 N–H and O–H groups in total. The number of ether oxygens (including phenoxy) is 1. The Bertz CT molecular complexity index is 1180. The Morgan fingerprint density at radius 2 is 1.55 bits per heavy atom. The Labute approximate surface area is 226 Å². The van der Waals surface area contributed by atoms with Crippen molar-refractivity contribution >= 4 is 5.97 Å². The number of carbonyl (C=O) groups excluding carboxylic acids is 1. The number of esters is 1. The molecule has 1 saturated heterocycles. The summed E-state index contributed by atoms with van der Waals surface area (Å²) in [6, 6.07) is 24.0. The number of nitrogens with two attached hydrogens (primary N) is 1. The van der Waals surface area contributed by atoms with Crippen LogP contribution in [0.4, 0.5) is 0 Å². The minimum atomic E-state index is -0.826. The Morgan fingerprint density at radius 3 is 2.11 bits per heavy atom. The average molecular weight is 517 g/mol. The highest BCUT2D eigenvalue weighted by molar-refractivity contribution is 5.91. The molecule has 0 radical (unpaired) electrons. The standard InChI is InChI=1S/C32H40N2O4/c1-4-31(33,5-2)26-15-11-25(12-16-26)30(36)38-28-17-13-24(14-18-28)29(35)23(3)34-21-19-32(37,20-22-34)27-9-7-6-8-10-27/h6-18,23,29,35,37H,4-5,19-22,33H2,1-3H3. The molecule has 1 aliphatic rings. The van der Waals surface area contributed by atoms with Crippen LogP contribution in [0.15, 0.2) is 78.9 Å². The van der Waals surface area contributed by atoms with Gasteiger partial charge in [0.15, 0.2) is 0 Å². The fourth-order valence-corrected chi connectivity index (χ4v) is 5.31. The first-order chi connectivity index (χ1) is 18.2. The second-order valence-electron chi connectivity index (χ2n) is 10.5. The maximum Gasteiger partial charge on any atom is 0.343 e. The lowest BCUT2D eigenvalue weighted by Gasteiger charge is -2.42. The highest BCUT2D eigenvalue weighted by atomic mass is 16.5. The molecule has 0 spiro atoms. The highest BCUT2D eigenvalue weighted by Crippen LogP contribution is 2.35. The van der Waals surface area contributed by atoms with Gasteiger partial charge in [0.25, 0.3) is 0 Å². The largest absolute Gasteiger partial charge is 0.423 e. The van der Waals surface area contributed by atoms with Gasteiger partial charge >= 0.3 is 5.97 Å². The zero-order chi connectivity index (χ0) is 27.3. The van der Waals surface area contributed by atoms with Gasteiger partial charge in [-0.05, 0) is 73.6 Å². The van der Waals surface area contributed by atoms with E-state index in [1.54, 1.807) is 36.4 Å². The van der Waals surface area contributed by atoms with Gasteiger partial charge < -0.3 is 20.7 Å². The topological polar surface area (TPSA) is 96.0 Å². The van der Waals surface area contributed by atoms with Crippen LogP contribution in [-0.2, 0) is 11.1 Å². The first-order valence-electron chi connectivity index (χ1n) is 13.6. The van der Waals surface area contributed by atoms with Gasteiger partial charge in [-0.2, -0.15) is 0 Å². The minimum absolute atomic E-state index is 0.122. The Morgan fingerprint density at radius 1 is 0.974 bits per heavy atom. The van der Waals surface area contributed by atoms with E-state index in [2.05, 4.69) is 18.7 Å². The van der Waals surface area contributed by atoms with Crippen molar-refractivity contribution in [2.75, 3.05) is 13.1 Å². The van der Waals surface area contributed by atoms with Gasteiger partial charge in [-0.1, -0.05) is 68.4 Å². The molecule has 0 saturated carbocycles. The second-order valence-corrected chi connectivity index (χ2v) is 10.5. The van der Waals surface area contributed by atoms with Gasteiger partial charge in [0.2, 0.25) is 0 Å². The van der Waals surface area contributed by atoms with E-state index >= 15 is 0 Å². The lowest BCUT2D eigenvalue weighted by molar-refractivity contribution is -0.0501. The van der Waals surface area contributed by atoms with Gasteiger partial charge in [-0.3, -0.25) is 4.90 Å². The van der Waals surface area contributed by atoms with Crippen LogP contribution in [0.2, 0.25) is 0 Å².